The third-order valence-electron chi connectivity index (χ3n) is 2.09. The molecule has 0 fully saturated rings. The molecule has 1 aromatic heterocycles. The number of nitrogens with zero attached hydrogens (tertiary/aromatic N) is 3. The van der Waals surface area contributed by atoms with Crippen molar-refractivity contribution in [3.05, 3.63) is 11.1 Å². The highest BCUT2D eigenvalue weighted by Crippen LogP contribution is 2.21. The first-order valence-electron chi connectivity index (χ1n) is 5.46. The lowest BCUT2D eigenvalue weighted by Gasteiger charge is -2.13. The minimum absolute atomic E-state index is 0.0214. The zero-order chi connectivity index (χ0) is 13.4. The Balaban J connectivity index is 2.29. The van der Waals surface area contributed by atoms with Crippen LogP contribution in [0.3, 0.4) is 0 Å². The van der Waals surface area contributed by atoms with Gasteiger partial charge >= 0.3 is 0 Å². The monoisotopic (exact) mass is 287 g/mol. The predicted molar refractivity (Wildman–Crippen MR) is 77.1 cm³/mol. The second kappa shape index (κ2) is 7.93. The van der Waals surface area contributed by atoms with Gasteiger partial charge in [-0.25, -0.2) is 4.98 Å². The van der Waals surface area contributed by atoms with Crippen molar-refractivity contribution in [2.75, 3.05) is 18.8 Å². The van der Waals surface area contributed by atoms with Crippen LogP contribution in [0.1, 0.15) is 12.6 Å². The SMILES string of the molecule is CCN(C=O)CCSCc1csc(N=C(N)N)n1. The van der Waals surface area contributed by atoms with E-state index in [1.807, 2.05) is 12.3 Å². The molecule has 0 aromatic carbocycles. The molecule has 1 amide bonds. The lowest BCUT2D eigenvalue weighted by molar-refractivity contribution is -0.117. The molecule has 6 nitrogen and oxygen atoms in total. The predicted octanol–water partition coefficient (Wildman–Crippen LogP) is 0.760. The number of aromatic nitrogens is 1. The molecule has 0 bridgehead atoms. The van der Waals surface area contributed by atoms with Gasteiger partial charge < -0.3 is 16.4 Å². The Labute approximate surface area is 114 Å². The average Bonchev–Trinajstić information content (AvgIpc) is 2.76. The highest BCUT2D eigenvalue weighted by Gasteiger charge is 2.02. The molecule has 0 saturated heterocycles. The standard InChI is InChI=1S/C10H17N5OS2/c1-2-15(7-16)3-4-17-5-8-6-18-10(13-8)14-9(11)12/h6-7H,2-5H2,1H3,(H4,11,12,13,14). The number of nitrogens with two attached hydrogens (primary N) is 2. The van der Waals surface area contributed by atoms with Crippen LogP contribution >= 0.6 is 23.1 Å². The van der Waals surface area contributed by atoms with E-state index in [2.05, 4.69) is 9.98 Å². The molecule has 0 aliphatic heterocycles. The molecule has 1 heterocycles. The van der Waals surface area contributed by atoms with Crippen LogP contribution in [0.15, 0.2) is 10.4 Å². The molecule has 100 valence electrons. The summed E-state index contributed by atoms with van der Waals surface area (Å²) in [6.45, 7) is 3.46. The lowest BCUT2D eigenvalue weighted by atomic mass is 10.6. The number of aliphatic imine (C=N–C) groups is 1. The molecule has 0 spiro atoms. The summed E-state index contributed by atoms with van der Waals surface area (Å²) in [6.07, 6.45) is 0.875. The molecule has 1 aromatic rings. The number of carbonyl (C=O) groups excluding carboxylic acids is 1. The summed E-state index contributed by atoms with van der Waals surface area (Å²) >= 11 is 3.14. The van der Waals surface area contributed by atoms with E-state index in [0.29, 0.717) is 5.13 Å². The lowest BCUT2D eigenvalue weighted by Crippen LogP contribution is -2.23. The van der Waals surface area contributed by atoms with E-state index in [1.165, 1.54) is 11.3 Å². The van der Waals surface area contributed by atoms with Crippen LogP contribution in [0.5, 0.6) is 0 Å². The molecular weight excluding hydrogens is 270 g/mol. The molecule has 0 aliphatic carbocycles. The van der Waals surface area contributed by atoms with Gasteiger partial charge in [-0.05, 0) is 6.92 Å². The quantitative estimate of drug-likeness (QED) is 0.318. The minimum atomic E-state index is 0.0214. The largest absolute Gasteiger partial charge is 0.370 e. The normalized spacial score (nSPS) is 10.1. The molecule has 0 radical (unpaired) electrons. The fraction of sp³-hybridized carbons (Fsp3) is 0.500. The summed E-state index contributed by atoms with van der Waals surface area (Å²) in [5.41, 5.74) is 11.5. The van der Waals surface area contributed by atoms with Gasteiger partial charge in [-0.1, -0.05) is 0 Å². The Morgan fingerprint density at radius 1 is 1.67 bits per heavy atom. The molecule has 4 N–H and O–H groups in total. The number of thioether (sulfide) groups is 1. The Morgan fingerprint density at radius 2 is 2.44 bits per heavy atom. The summed E-state index contributed by atoms with van der Waals surface area (Å²) in [6, 6.07) is 0. The van der Waals surface area contributed by atoms with Crippen molar-refractivity contribution in [2.45, 2.75) is 12.7 Å². The van der Waals surface area contributed by atoms with Gasteiger partial charge in [-0.15, -0.1) is 11.3 Å². The smallest absolute Gasteiger partial charge is 0.212 e. The Bertz CT molecular complexity index is 403. The molecule has 0 saturated carbocycles. The fourth-order valence-electron chi connectivity index (χ4n) is 1.17. The number of carbonyl (C=O) groups is 1. The Hall–Kier alpha value is -1.28. The van der Waals surface area contributed by atoms with Crippen molar-refractivity contribution >= 4 is 40.6 Å². The van der Waals surface area contributed by atoms with Crippen molar-refractivity contribution < 1.29 is 4.79 Å². The third kappa shape index (κ3) is 5.37. The number of amides is 1. The van der Waals surface area contributed by atoms with Crippen LogP contribution < -0.4 is 11.5 Å². The molecular formula is C10H17N5OS2. The summed E-state index contributed by atoms with van der Waals surface area (Å²) in [7, 11) is 0. The van der Waals surface area contributed by atoms with E-state index in [1.54, 1.807) is 16.7 Å². The van der Waals surface area contributed by atoms with Crippen LogP contribution in [-0.2, 0) is 10.5 Å². The van der Waals surface area contributed by atoms with Gasteiger partial charge in [0.15, 0.2) is 5.96 Å². The first-order valence-corrected chi connectivity index (χ1v) is 7.50. The number of hydrogen-bond donors (Lipinski definition) is 2. The highest BCUT2D eigenvalue weighted by molar-refractivity contribution is 7.98. The number of thiazole rings is 1. The van der Waals surface area contributed by atoms with Crippen LogP contribution in [-0.4, -0.2) is 41.1 Å². The van der Waals surface area contributed by atoms with E-state index in [4.69, 9.17) is 11.5 Å². The molecule has 18 heavy (non-hydrogen) atoms. The summed E-state index contributed by atoms with van der Waals surface area (Å²) in [5, 5.41) is 2.51. The number of guanidine groups is 1. The zero-order valence-electron chi connectivity index (χ0n) is 10.2. The molecule has 0 aliphatic rings. The van der Waals surface area contributed by atoms with E-state index in [9.17, 15) is 4.79 Å². The summed E-state index contributed by atoms with van der Waals surface area (Å²) < 4.78 is 0. The van der Waals surface area contributed by atoms with Gasteiger partial charge in [-0.3, -0.25) is 4.79 Å². The minimum Gasteiger partial charge on any atom is -0.370 e. The third-order valence-corrected chi connectivity index (χ3v) is 3.85. The number of hydrogen-bond acceptors (Lipinski definition) is 5. The van der Waals surface area contributed by atoms with E-state index >= 15 is 0 Å². The average molecular weight is 287 g/mol. The van der Waals surface area contributed by atoms with Crippen LogP contribution in [0.2, 0.25) is 0 Å². The molecule has 1 rings (SSSR count). The second-order valence-corrected chi connectivity index (χ2v) is 5.39. The number of rotatable bonds is 8. The van der Waals surface area contributed by atoms with Crippen LogP contribution in [0.4, 0.5) is 5.13 Å². The maximum atomic E-state index is 10.6. The zero-order valence-corrected chi connectivity index (χ0v) is 11.8. The van der Waals surface area contributed by atoms with Crippen LogP contribution in [0, 0.1) is 0 Å². The van der Waals surface area contributed by atoms with E-state index in [-0.39, 0.29) is 5.96 Å². The maximum absolute atomic E-state index is 10.6. The summed E-state index contributed by atoms with van der Waals surface area (Å²) in [4.78, 5) is 20.5. The topological polar surface area (TPSA) is 97.6 Å². The van der Waals surface area contributed by atoms with Crippen molar-refractivity contribution in [1.82, 2.24) is 9.88 Å². The molecule has 0 atom stereocenters. The first kappa shape index (κ1) is 14.8. The van der Waals surface area contributed by atoms with Crippen molar-refractivity contribution in [1.29, 1.82) is 0 Å². The van der Waals surface area contributed by atoms with Gasteiger partial charge in [0.2, 0.25) is 11.5 Å². The highest BCUT2D eigenvalue weighted by atomic mass is 32.2. The van der Waals surface area contributed by atoms with Crippen molar-refractivity contribution in [3.63, 3.8) is 0 Å². The Morgan fingerprint density at radius 3 is 3.06 bits per heavy atom. The molecule has 0 unspecified atom stereocenters. The Kier molecular flexibility index (Phi) is 6.51. The van der Waals surface area contributed by atoms with Crippen LogP contribution in [0.25, 0.3) is 0 Å². The fourth-order valence-corrected chi connectivity index (χ4v) is 2.84. The second-order valence-electron chi connectivity index (χ2n) is 3.44. The van der Waals surface area contributed by atoms with E-state index in [0.717, 1.165) is 36.7 Å². The first-order chi connectivity index (χ1) is 8.65. The van der Waals surface area contributed by atoms with Gasteiger partial charge in [0.05, 0.1) is 5.69 Å². The van der Waals surface area contributed by atoms with Crippen molar-refractivity contribution in [2.24, 2.45) is 16.5 Å². The maximum Gasteiger partial charge on any atom is 0.212 e. The van der Waals surface area contributed by atoms with Gasteiger partial charge in [0, 0.05) is 30.0 Å². The molecule has 8 heteroatoms. The van der Waals surface area contributed by atoms with E-state index < -0.39 is 0 Å². The van der Waals surface area contributed by atoms with Gasteiger partial charge in [0.1, 0.15) is 0 Å². The summed E-state index contributed by atoms with van der Waals surface area (Å²) in [5.74, 6) is 1.71. The van der Waals surface area contributed by atoms with Crippen molar-refractivity contribution in [3.8, 4) is 0 Å². The van der Waals surface area contributed by atoms with Gasteiger partial charge in [-0.2, -0.15) is 16.8 Å². The van der Waals surface area contributed by atoms with Gasteiger partial charge in [0.25, 0.3) is 0 Å².